The van der Waals surface area contributed by atoms with Gasteiger partial charge in [-0.3, -0.25) is 0 Å². The Morgan fingerprint density at radius 2 is 1.81 bits per heavy atom. The van der Waals surface area contributed by atoms with Gasteiger partial charge < -0.3 is 0 Å². The molecular weight excluding hydrogens is 335 g/mol. The quantitative estimate of drug-likeness (QED) is 0.616. The van der Waals surface area contributed by atoms with Crippen LogP contribution in [0.15, 0.2) is 46.7 Å². The molecule has 0 fully saturated rings. The second-order valence-electron chi connectivity index (χ2n) is 4.28. The normalized spacial score (nSPS) is 13.2. The van der Waals surface area contributed by atoms with Crippen LogP contribution in [0.1, 0.15) is 13.8 Å². The van der Waals surface area contributed by atoms with Crippen molar-refractivity contribution >= 4 is 32.4 Å². The molecule has 0 saturated carbocycles. The number of hydrogen-bond acceptors (Lipinski definition) is 2. The zero-order chi connectivity index (χ0) is 12.2. The summed E-state index contributed by atoms with van der Waals surface area (Å²) >= 11 is 2.25. The van der Waals surface area contributed by atoms with E-state index in [4.69, 9.17) is 0 Å². The van der Waals surface area contributed by atoms with E-state index in [2.05, 4.69) is 22.6 Å². The van der Waals surface area contributed by atoms with Crippen LogP contribution in [-0.2, 0) is 9.84 Å². The largest absolute Gasteiger partial charge is 0.219 e. The third kappa shape index (κ3) is 3.90. The SMILES string of the molecule is CC(C)(/C=C/S(=O)(=O)c1ccccc1)CI. The van der Waals surface area contributed by atoms with Gasteiger partial charge in [0, 0.05) is 9.84 Å². The highest BCUT2D eigenvalue weighted by molar-refractivity contribution is 14.1. The van der Waals surface area contributed by atoms with Crippen molar-refractivity contribution in [2.75, 3.05) is 4.43 Å². The summed E-state index contributed by atoms with van der Waals surface area (Å²) < 4.78 is 24.7. The fourth-order valence-electron chi connectivity index (χ4n) is 1.01. The predicted octanol–water partition coefficient (Wildman–Crippen LogP) is 3.44. The van der Waals surface area contributed by atoms with Gasteiger partial charge in [-0.05, 0) is 17.5 Å². The van der Waals surface area contributed by atoms with Crippen LogP contribution in [0.2, 0.25) is 0 Å². The summed E-state index contributed by atoms with van der Waals surface area (Å²) in [5, 5.41) is 1.31. The lowest BCUT2D eigenvalue weighted by Crippen LogP contribution is -2.09. The van der Waals surface area contributed by atoms with Crippen LogP contribution in [0.5, 0.6) is 0 Å². The van der Waals surface area contributed by atoms with E-state index in [1.807, 2.05) is 13.8 Å². The minimum Gasteiger partial charge on any atom is -0.219 e. The Hall–Kier alpha value is -0.360. The Morgan fingerprint density at radius 3 is 2.31 bits per heavy atom. The Morgan fingerprint density at radius 1 is 1.25 bits per heavy atom. The molecule has 1 rings (SSSR count). The van der Waals surface area contributed by atoms with E-state index in [0.29, 0.717) is 4.90 Å². The summed E-state index contributed by atoms with van der Waals surface area (Å²) in [7, 11) is -3.29. The van der Waals surface area contributed by atoms with Crippen LogP contribution < -0.4 is 0 Å². The molecule has 0 aliphatic heterocycles. The number of allylic oxidation sites excluding steroid dienone is 1. The fourth-order valence-corrected chi connectivity index (χ4v) is 2.50. The van der Waals surface area contributed by atoms with Crippen LogP contribution in [0.4, 0.5) is 0 Å². The highest BCUT2D eigenvalue weighted by Gasteiger charge is 2.15. The first kappa shape index (κ1) is 13.7. The molecule has 1 aromatic rings. The molecule has 1 aromatic carbocycles. The third-order valence-corrected chi connectivity index (χ3v) is 5.50. The smallest absolute Gasteiger partial charge is 0.199 e. The van der Waals surface area contributed by atoms with E-state index >= 15 is 0 Å². The van der Waals surface area contributed by atoms with Crippen molar-refractivity contribution in [2.45, 2.75) is 18.7 Å². The van der Waals surface area contributed by atoms with Crippen LogP contribution in [0, 0.1) is 5.41 Å². The molecule has 0 saturated heterocycles. The molecule has 0 atom stereocenters. The number of alkyl halides is 1. The molecule has 4 heteroatoms. The molecule has 0 aliphatic carbocycles. The molecule has 16 heavy (non-hydrogen) atoms. The third-order valence-electron chi connectivity index (χ3n) is 2.11. The van der Waals surface area contributed by atoms with E-state index in [-0.39, 0.29) is 5.41 Å². The van der Waals surface area contributed by atoms with Gasteiger partial charge in [0.05, 0.1) is 4.90 Å². The lowest BCUT2D eigenvalue weighted by Gasteiger charge is -2.15. The van der Waals surface area contributed by atoms with Gasteiger partial charge in [-0.2, -0.15) is 0 Å². The number of hydrogen-bond donors (Lipinski definition) is 0. The van der Waals surface area contributed by atoms with E-state index in [1.165, 1.54) is 5.41 Å². The summed E-state index contributed by atoms with van der Waals surface area (Å²) in [4.78, 5) is 0.343. The van der Waals surface area contributed by atoms with E-state index in [9.17, 15) is 8.42 Å². The molecule has 2 nitrogen and oxygen atoms in total. The Labute approximate surface area is 111 Å². The Bertz CT molecular complexity index is 461. The average molecular weight is 350 g/mol. The highest BCUT2D eigenvalue weighted by Crippen LogP contribution is 2.22. The fraction of sp³-hybridized carbons (Fsp3) is 0.333. The van der Waals surface area contributed by atoms with Gasteiger partial charge >= 0.3 is 0 Å². The first-order valence-electron chi connectivity index (χ1n) is 4.93. The van der Waals surface area contributed by atoms with Gasteiger partial charge in [0.15, 0.2) is 9.84 Å². The maximum absolute atomic E-state index is 11.9. The van der Waals surface area contributed by atoms with Gasteiger partial charge in [-0.25, -0.2) is 8.42 Å². The Balaban J connectivity index is 2.98. The van der Waals surface area contributed by atoms with Crippen molar-refractivity contribution in [3.8, 4) is 0 Å². The van der Waals surface area contributed by atoms with E-state index in [0.717, 1.165) is 4.43 Å². The van der Waals surface area contributed by atoms with Crippen LogP contribution in [0.3, 0.4) is 0 Å². The summed E-state index contributed by atoms with van der Waals surface area (Å²) in [6.07, 6.45) is 1.75. The van der Waals surface area contributed by atoms with E-state index in [1.54, 1.807) is 36.4 Å². The molecule has 0 radical (unpaired) electrons. The van der Waals surface area contributed by atoms with Gasteiger partial charge in [0.1, 0.15) is 0 Å². The topological polar surface area (TPSA) is 34.1 Å². The summed E-state index contributed by atoms with van der Waals surface area (Å²) in [5.41, 5.74) is -0.0948. The van der Waals surface area contributed by atoms with E-state index < -0.39 is 9.84 Å². The molecule has 0 unspecified atom stereocenters. The van der Waals surface area contributed by atoms with Crippen molar-refractivity contribution in [1.29, 1.82) is 0 Å². The summed E-state index contributed by atoms with van der Waals surface area (Å²) in [5.74, 6) is 0. The number of sulfone groups is 1. The van der Waals surface area contributed by atoms with Crippen molar-refractivity contribution in [2.24, 2.45) is 5.41 Å². The molecule has 0 bridgehead atoms. The number of rotatable bonds is 4. The van der Waals surface area contributed by atoms with Crippen molar-refractivity contribution in [3.05, 3.63) is 41.8 Å². The van der Waals surface area contributed by atoms with Crippen LogP contribution >= 0.6 is 22.6 Å². The highest BCUT2D eigenvalue weighted by atomic mass is 127. The molecule has 0 N–H and O–H groups in total. The van der Waals surface area contributed by atoms with Gasteiger partial charge in [0.25, 0.3) is 0 Å². The first-order chi connectivity index (χ1) is 7.37. The second-order valence-corrected chi connectivity index (χ2v) is 6.88. The molecule has 88 valence electrons. The molecular formula is C12H15IO2S. The monoisotopic (exact) mass is 350 g/mol. The molecule has 0 spiro atoms. The van der Waals surface area contributed by atoms with Crippen LogP contribution in [0.25, 0.3) is 0 Å². The number of halogens is 1. The zero-order valence-corrected chi connectivity index (χ0v) is 12.3. The summed E-state index contributed by atoms with van der Waals surface area (Å²) in [6, 6.07) is 8.47. The lowest BCUT2D eigenvalue weighted by atomic mass is 9.98. The minimum absolute atomic E-state index is 0.0948. The van der Waals surface area contributed by atoms with Crippen molar-refractivity contribution in [1.82, 2.24) is 0 Å². The lowest BCUT2D eigenvalue weighted by molar-refractivity contribution is 0.564. The van der Waals surface area contributed by atoms with Crippen molar-refractivity contribution < 1.29 is 8.42 Å². The van der Waals surface area contributed by atoms with Gasteiger partial charge in [-0.1, -0.05) is 60.7 Å². The van der Waals surface area contributed by atoms with Gasteiger partial charge in [0.2, 0.25) is 0 Å². The molecule has 0 aliphatic rings. The average Bonchev–Trinajstić information content (AvgIpc) is 2.28. The zero-order valence-electron chi connectivity index (χ0n) is 9.35. The maximum atomic E-state index is 11.9. The molecule has 0 amide bonds. The van der Waals surface area contributed by atoms with Gasteiger partial charge in [-0.15, -0.1) is 0 Å². The van der Waals surface area contributed by atoms with Crippen molar-refractivity contribution in [3.63, 3.8) is 0 Å². The predicted molar refractivity (Wildman–Crippen MR) is 75.4 cm³/mol. The number of benzene rings is 1. The Kier molecular flexibility index (Phi) is 4.55. The summed E-state index contributed by atoms with van der Waals surface area (Å²) in [6.45, 7) is 4.02. The standard InChI is InChI=1S/C12H15IO2S/c1-12(2,10-13)8-9-16(14,15)11-6-4-3-5-7-11/h3-9H,10H2,1-2H3/b9-8+. The van der Waals surface area contributed by atoms with Crippen LogP contribution in [-0.4, -0.2) is 12.8 Å². The maximum Gasteiger partial charge on any atom is 0.199 e. The molecule has 0 heterocycles. The second kappa shape index (κ2) is 5.31. The first-order valence-corrected chi connectivity index (χ1v) is 8.00. The minimum atomic E-state index is -3.29. The molecule has 0 aromatic heterocycles.